The number of hydrogen-bond acceptors (Lipinski definition) is 5. The molecule has 6 nitrogen and oxygen atoms in total. The molecule has 25 heavy (non-hydrogen) atoms. The number of aryl methyl sites for hydroxylation is 1. The van der Waals surface area contributed by atoms with Crippen molar-refractivity contribution in [3.8, 4) is 11.5 Å². The molecule has 1 unspecified atom stereocenters. The number of amides is 1. The van der Waals surface area contributed by atoms with Gasteiger partial charge in [-0.15, -0.1) is 0 Å². The average Bonchev–Trinajstić information content (AvgIpc) is 2.58. The summed E-state index contributed by atoms with van der Waals surface area (Å²) in [4.78, 5) is 18.3. The number of ether oxygens (including phenoxy) is 2. The van der Waals surface area contributed by atoms with Crippen molar-refractivity contribution >= 4 is 17.5 Å². The van der Waals surface area contributed by atoms with Gasteiger partial charge in [0.15, 0.2) is 17.7 Å². The van der Waals surface area contributed by atoms with E-state index in [0.717, 1.165) is 18.6 Å². The third-order valence-corrected chi connectivity index (χ3v) is 4.07. The van der Waals surface area contributed by atoms with Crippen molar-refractivity contribution in [2.24, 2.45) is 0 Å². The zero-order valence-corrected chi connectivity index (χ0v) is 14.6. The molecule has 3 rings (SSSR count). The zero-order valence-electron chi connectivity index (χ0n) is 14.6. The summed E-state index contributed by atoms with van der Waals surface area (Å²) in [7, 11) is 0. The van der Waals surface area contributed by atoms with Crippen molar-refractivity contribution in [2.45, 2.75) is 32.8 Å². The van der Waals surface area contributed by atoms with Gasteiger partial charge < -0.3 is 15.2 Å². The fraction of sp³-hybridized carbons (Fsp3) is 0.368. The van der Waals surface area contributed by atoms with Crippen LogP contribution in [0.1, 0.15) is 25.3 Å². The van der Waals surface area contributed by atoms with Gasteiger partial charge in [0.2, 0.25) is 0 Å². The Balaban J connectivity index is 1.55. The molecule has 0 radical (unpaired) electrons. The second kappa shape index (κ2) is 7.42. The van der Waals surface area contributed by atoms with E-state index >= 15 is 0 Å². The molecule has 0 saturated heterocycles. The lowest BCUT2D eigenvalue weighted by atomic mass is 10.2. The van der Waals surface area contributed by atoms with E-state index in [0.29, 0.717) is 30.5 Å². The topological polar surface area (TPSA) is 77.7 Å². The number of nitrogens with two attached hydrogens (primary N) is 1. The molecular weight excluding hydrogens is 318 g/mol. The minimum absolute atomic E-state index is 0.0924. The Hall–Kier alpha value is -2.76. The molecule has 6 heteroatoms. The third-order valence-electron chi connectivity index (χ3n) is 4.07. The minimum atomic E-state index is -0.513. The quantitative estimate of drug-likeness (QED) is 0.817. The normalized spacial score (nSPS) is 16.3. The molecule has 1 aromatic carbocycles. The molecule has 0 saturated carbocycles. The van der Waals surface area contributed by atoms with Crippen molar-refractivity contribution in [1.82, 2.24) is 4.98 Å². The lowest BCUT2D eigenvalue weighted by Gasteiger charge is -2.32. The molecule has 132 valence electrons. The average molecular weight is 341 g/mol. The first-order chi connectivity index (χ1) is 12.0. The Morgan fingerprint density at radius 1 is 1.28 bits per heavy atom. The molecule has 1 atom stereocenters. The number of carbonyl (C=O) groups is 1. The van der Waals surface area contributed by atoms with E-state index in [1.165, 1.54) is 5.56 Å². The van der Waals surface area contributed by atoms with Crippen LogP contribution in [0.3, 0.4) is 0 Å². The van der Waals surface area contributed by atoms with Gasteiger partial charge in [-0.05, 0) is 56.5 Å². The molecule has 0 bridgehead atoms. The third kappa shape index (κ3) is 4.02. The summed E-state index contributed by atoms with van der Waals surface area (Å²) in [5.74, 6) is 2.25. The van der Waals surface area contributed by atoms with Gasteiger partial charge >= 0.3 is 0 Å². The Labute approximate surface area is 147 Å². The van der Waals surface area contributed by atoms with Gasteiger partial charge in [0, 0.05) is 6.54 Å². The van der Waals surface area contributed by atoms with Crippen LogP contribution in [-0.2, 0) is 4.79 Å². The summed E-state index contributed by atoms with van der Waals surface area (Å²) in [6.07, 6.45) is 1.13. The van der Waals surface area contributed by atoms with Gasteiger partial charge in [0.1, 0.15) is 11.6 Å². The molecule has 1 aliphatic heterocycles. The predicted octanol–water partition coefficient (Wildman–Crippen LogP) is 2.95. The summed E-state index contributed by atoms with van der Waals surface area (Å²) in [6.45, 7) is 4.95. The number of anilines is 2. The molecular formula is C19H23N3O3. The first-order valence-electron chi connectivity index (χ1n) is 8.48. The van der Waals surface area contributed by atoms with Crippen LogP contribution in [0.2, 0.25) is 0 Å². The number of carbonyl (C=O) groups excluding carboxylic acids is 1. The Kier molecular flexibility index (Phi) is 5.07. The van der Waals surface area contributed by atoms with E-state index in [9.17, 15) is 4.79 Å². The molecule has 0 aliphatic carbocycles. The second-order valence-electron chi connectivity index (χ2n) is 6.18. The van der Waals surface area contributed by atoms with Crippen LogP contribution in [0, 0.1) is 6.92 Å². The first kappa shape index (κ1) is 17.1. The number of benzene rings is 1. The van der Waals surface area contributed by atoms with E-state index in [1.54, 1.807) is 24.0 Å². The summed E-state index contributed by atoms with van der Waals surface area (Å²) in [5, 5.41) is 0. The van der Waals surface area contributed by atoms with E-state index in [2.05, 4.69) is 4.98 Å². The van der Waals surface area contributed by atoms with Gasteiger partial charge in [-0.1, -0.05) is 12.1 Å². The number of rotatable bonds is 6. The molecule has 0 fully saturated rings. The van der Waals surface area contributed by atoms with Gasteiger partial charge in [-0.2, -0.15) is 0 Å². The van der Waals surface area contributed by atoms with Crippen LogP contribution >= 0.6 is 0 Å². The largest absolute Gasteiger partial charge is 0.494 e. The van der Waals surface area contributed by atoms with Gasteiger partial charge in [-0.25, -0.2) is 4.98 Å². The summed E-state index contributed by atoms with van der Waals surface area (Å²) in [6, 6.07) is 11.4. The maximum Gasteiger partial charge on any atom is 0.269 e. The molecule has 2 heterocycles. The number of nitrogens with zero attached hydrogens (tertiary/aromatic N) is 2. The highest BCUT2D eigenvalue weighted by molar-refractivity contribution is 5.98. The number of unbranched alkanes of at least 4 members (excludes halogenated alkanes) is 1. The Morgan fingerprint density at radius 3 is 2.92 bits per heavy atom. The molecule has 1 amide bonds. The molecule has 2 aromatic rings. The molecule has 2 N–H and O–H groups in total. The van der Waals surface area contributed by atoms with Crippen LogP contribution in [0.15, 0.2) is 36.4 Å². The highest BCUT2D eigenvalue weighted by atomic mass is 16.5. The van der Waals surface area contributed by atoms with E-state index in [-0.39, 0.29) is 5.91 Å². The fourth-order valence-corrected chi connectivity index (χ4v) is 2.78. The first-order valence-corrected chi connectivity index (χ1v) is 8.48. The van der Waals surface area contributed by atoms with Crippen LogP contribution < -0.4 is 20.1 Å². The standard InChI is InChI=1S/C19H23N3O3/c1-13-6-5-7-15(12-13)24-11-4-3-10-22-18-16(8-9-17(20)21-18)25-14(2)19(22)23/h5-9,12,14H,3-4,10-11H2,1-2H3,(H2,20,21). The van der Waals surface area contributed by atoms with Crippen molar-refractivity contribution in [1.29, 1.82) is 0 Å². The van der Waals surface area contributed by atoms with Crippen LogP contribution in [0.4, 0.5) is 11.6 Å². The van der Waals surface area contributed by atoms with E-state index < -0.39 is 6.10 Å². The maximum absolute atomic E-state index is 12.4. The Bertz CT molecular complexity index is 763. The fourth-order valence-electron chi connectivity index (χ4n) is 2.78. The zero-order chi connectivity index (χ0) is 17.8. The highest BCUT2D eigenvalue weighted by Crippen LogP contribution is 2.33. The summed E-state index contributed by atoms with van der Waals surface area (Å²) >= 11 is 0. The molecule has 0 spiro atoms. The van der Waals surface area contributed by atoms with Gasteiger partial charge in [-0.3, -0.25) is 9.69 Å². The summed E-state index contributed by atoms with van der Waals surface area (Å²) in [5.41, 5.74) is 6.92. The van der Waals surface area contributed by atoms with Crippen molar-refractivity contribution < 1.29 is 14.3 Å². The van der Waals surface area contributed by atoms with Crippen molar-refractivity contribution in [2.75, 3.05) is 23.8 Å². The maximum atomic E-state index is 12.4. The van der Waals surface area contributed by atoms with Gasteiger partial charge in [0.25, 0.3) is 5.91 Å². The van der Waals surface area contributed by atoms with E-state index in [4.69, 9.17) is 15.2 Å². The predicted molar refractivity (Wildman–Crippen MR) is 97.0 cm³/mol. The number of aromatic nitrogens is 1. The smallest absolute Gasteiger partial charge is 0.269 e. The highest BCUT2D eigenvalue weighted by Gasteiger charge is 2.32. The SMILES string of the molecule is Cc1cccc(OCCCCN2C(=O)C(C)Oc3ccc(N)nc32)c1. The van der Waals surface area contributed by atoms with Crippen molar-refractivity contribution in [3.63, 3.8) is 0 Å². The van der Waals surface area contributed by atoms with Crippen molar-refractivity contribution in [3.05, 3.63) is 42.0 Å². The second-order valence-corrected chi connectivity index (χ2v) is 6.18. The van der Waals surface area contributed by atoms with Crippen LogP contribution in [0.25, 0.3) is 0 Å². The number of pyridine rings is 1. The van der Waals surface area contributed by atoms with Crippen LogP contribution in [0.5, 0.6) is 11.5 Å². The monoisotopic (exact) mass is 341 g/mol. The van der Waals surface area contributed by atoms with Crippen LogP contribution in [-0.4, -0.2) is 30.1 Å². The summed E-state index contributed by atoms with van der Waals surface area (Å²) < 4.78 is 11.3. The number of nitrogen functional groups attached to an aromatic ring is 1. The number of fused-ring (bicyclic) bond motifs is 1. The minimum Gasteiger partial charge on any atom is -0.494 e. The molecule has 1 aliphatic rings. The molecule has 1 aromatic heterocycles. The lowest BCUT2D eigenvalue weighted by Crippen LogP contribution is -2.45. The van der Waals surface area contributed by atoms with E-state index in [1.807, 2.05) is 31.2 Å². The van der Waals surface area contributed by atoms with Gasteiger partial charge in [0.05, 0.1) is 6.61 Å². The Morgan fingerprint density at radius 2 is 2.12 bits per heavy atom. The lowest BCUT2D eigenvalue weighted by molar-refractivity contribution is -0.125. The number of hydrogen-bond donors (Lipinski definition) is 1.